The van der Waals surface area contributed by atoms with Crippen molar-refractivity contribution in [3.63, 3.8) is 0 Å². The van der Waals surface area contributed by atoms with Gasteiger partial charge in [0.25, 0.3) is 0 Å². The van der Waals surface area contributed by atoms with E-state index in [-0.39, 0.29) is 7.43 Å². The van der Waals surface area contributed by atoms with Crippen LogP contribution >= 0.6 is 0 Å². The highest BCUT2D eigenvalue weighted by atomic mass is 28.4. The third-order valence-corrected chi connectivity index (χ3v) is 13.5. The summed E-state index contributed by atoms with van der Waals surface area (Å²) in [6.07, 6.45) is 0. The van der Waals surface area contributed by atoms with Crippen LogP contribution in [0.1, 0.15) is 7.43 Å². The Morgan fingerprint density at radius 2 is 0.565 bits per heavy atom. The minimum atomic E-state index is -1.11. The van der Waals surface area contributed by atoms with Crippen molar-refractivity contribution in [3.05, 3.63) is 0 Å². The Kier molecular flexibility index (Phi) is 23.6. The van der Waals surface area contributed by atoms with E-state index in [9.17, 15) is 0 Å². The maximum atomic E-state index is 5.49. The fourth-order valence-electron chi connectivity index (χ4n) is 0. The molecule has 0 aliphatic heterocycles. The number of nitrogens with one attached hydrogen (secondary N) is 2. The topological polar surface area (TPSA) is 76.1 Å². The van der Waals surface area contributed by atoms with Gasteiger partial charge in [-0.25, -0.2) is 0 Å². The van der Waals surface area contributed by atoms with Crippen molar-refractivity contribution in [3.8, 4) is 0 Å². The fourth-order valence-corrected chi connectivity index (χ4v) is 0. The Hall–Kier alpha value is 1.14. The summed E-state index contributed by atoms with van der Waals surface area (Å²) in [5.41, 5.74) is 0. The number of hydrogen-bond acceptors (Lipinski definition) is 4. The first kappa shape index (κ1) is 35.3. The summed E-state index contributed by atoms with van der Waals surface area (Å²) in [4.78, 5) is 0. The van der Waals surface area contributed by atoms with E-state index in [0.29, 0.717) is 0 Å². The molecule has 148 valence electrons. The lowest BCUT2D eigenvalue weighted by Crippen LogP contribution is -2.38. The molecule has 0 unspecified atom stereocenters. The quantitative estimate of drug-likeness (QED) is 0.500. The summed E-state index contributed by atoms with van der Waals surface area (Å²) < 4.78 is 6.76. The molecule has 0 saturated carbocycles. The van der Waals surface area contributed by atoms with E-state index in [1.807, 2.05) is 0 Å². The largest absolute Gasteiger partial charge is 0.367 e. The van der Waals surface area contributed by atoms with E-state index in [4.69, 9.17) is 10.8 Å². The maximum absolute atomic E-state index is 5.49. The van der Waals surface area contributed by atoms with Crippen LogP contribution < -0.4 is 20.1 Å². The molecule has 0 radical (unpaired) electrons. The summed E-state index contributed by atoms with van der Waals surface area (Å²) >= 11 is 0. The van der Waals surface area contributed by atoms with E-state index >= 15 is 0 Å². The van der Waals surface area contributed by atoms with E-state index in [1.165, 1.54) is 0 Å². The zero-order chi connectivity index (χ0) is 19.4. The molecule has 6 N–H and O–H groups in total. The monoisotopic (exact) mass is 432 g/mol. The van der Waals surface area contributed by atoms with Gasteiger partial charge in [0.15, 0.2) is 0 Å². The molecule has 0 amide bonds. The van der Waals surface area contributed by atoms with Crippen LogP contribution in [0.25, 0.3) is 0 Å². The van der Waals surface area contributed by atoms with Gasteiger partial charge in [-0.2, -0.15) is 0 Å². The lowest BCUT2D eigenvalue weighted by Gasteiger charge is -2.12. The smallest absolute Gasteiger partial charge is 0.113 e. The van der Waals surface area contributed by atoms with Crippen molar-refractivity contribution in [2.24, 2.45) is 10.8 Å². The zero-order valence-corrected chi connectivity index (χ0v) is 26.2. The summed E-state index contributed by atoms with van der Waals surface area (Å²) in [6, 6.07) is 0. The number of nitrogens with two attached hydrogens (primary N) is 2. The van der Waals surface area contributed by atoms with Crippen molar-refractivity contribution >= 4 is 53.7 Å². The second kappa shape index (κ2) is 15.4. The highest BCUT2D eigenvalue weighted by molar-refractivity contribution is 6.77. The first-order valence-electron chi connectivity index (χ1n) is 8.08. The summed E-state index contributed by atoms with van der Waals surface area (Å²) in [5, 5.41) is 11.0. The standard InChI is InChI=1S/2C3H13NSi2.2C3H11NSi.CH4/c2*1-6(2,3)4-5;2*1-5(2,3)4;/h2*4H,1-3,5H3;2*4H2,1-3H3;1H4. The lowest BCUT2D eigenvalue weighted by atomic mass is 11.8. The molecule has 0 bridgehead atoms. The van der Waals surface area contributed by atoms with Gasteiger partial charge in [0, 0.05) is 0 Å². The third kappa shape index (κ3) is 203. The molecule has 10 heteroatoms. The van der Waals surface area contributed by atoms with E-state index in [2.05, 4.69) is 87.9 Å². The first-order chi connectivity index (χ1) is 9.12. The van der Waals surface area contributed by atoms with E-state index in [1.54, 1.807) is 0 Å². The fraction of sp³-hybridized carbons (Fsp3) is 1.00. The molecule has 0 heterocycles. The van der Waals surface area contributed by atoms with Crippen molar-refractivity contribution in [1.82, 2.24) is 9.30 Å². The normalized spacial score (nSPS) is 11.7. The van der Waals surface area contributed by atoms with E-state index < -0.39 is 32.9 Å². The van der Waals surface area contributed by atoms with Crippen molar-refractivity contribution in [2.45, 2.75) is 86.0 Å². The van der Waals surface area contributed by atoms with Gasteiger partial charge in [0.2, 0.25) is 0 Å². The molecule has 0 aliphatic carbocycles. The maximum Gasteiger partial charge on any atom is 0.113 e. The van der Waals surface area contributed by atoms with Gasteiger partial charge >= 0.3 is 0 Å². The Bertz CT molecular complexity index is 201. The van der Waals surface area contributed by atoms with Gasteiger partial charge < -0.3 is 20.1 Å². The molecule has 0 rings (SSSR count). The van der Waals surface area contributed by atoms with Crippen molar-refractivity contribution in [2.75, 3.05) is 0 Å². The molecule has 4 nitrogen and oxygen atoms in total. The lowest BCUT2D eigenvalue weighted by molar-refractivity contribution is 1.43. The molecule has 0 saturated heterocycles. The minimum Gasteiger partial charge on any atom is -0.367 e. The van der Waals surface area contributed by atoms with Crippen LogP contribution in [0.2, 0.25) is 78.6 Å². The Morgan fingerprint density at radius 3 is 0.565 bits per heavy atom. The summed E-state index contributed by atoms with van der Waals surface area (Å²) in [6.45, 7) is 26.5. The van der Waals surface area contributed by atoms with Crippen LogP contribution in [0.4, 0.5) is 0 Å². The average Bonchev–Trinajstić information content (AvgIpc) is 2.11. The Morgan fingerprint density at radius 1 is 0.522 bits per heavy atom. The van der Waals surface area contributed by atoms with Gasteiger partial charge in [0.05, 0.1) is 20.8 Å². The molecule has 0 aromatic heterocycles. The molecular formula is C13H52N4Si6. The summed E-state index contributed by atoms with van der Waals surface area (Å²) in [7, 11) is -1.54. The average molecular weight is 433 g/mol. The van der Waals surface area contributed by atoms with Crippen LogP contribution in [-0.4, -0.2) is 53.7 Å². The van der Waals surface area contributed by atoms with Crippen LogP contribution in [0.3, 0.4) is 0 Å². The van der Waals surface area contributed by atoms with Crippen LogP contribution in [0.15, 0.2) is 0 Å². The molecule has 0 aliphatic rings. The van der Waals surface area contributed by atoms with Crippen LogP contribution in [-0.2, 0) is 0 Å². The van der Waals surface area contributed by atoms with Crippen molar-refractivity contribution < 1.29 is 0 Å². The third-order valence-electron chi connectivity index (χ3n) is 1.50. The SMILES string of the molecule is C.C[Si](C)(C)N.C[Si](C)(C)N.C[Si](C)(C)N[SiH3].C[Si](C)(C)N[SiH3]. The van der Waals surface area contributed by atoms with Gasteiger partial charge in [-0.15, -0.1) is 0 Å². The zero-order valence-electron chi connectivity index (χ0n) is 18.2. The predicted octanol–water partition coefficient (Wildman–Crippen LogP) is 1.58. The van der Waals surface area contributed by atoms with Gasteiger partial charge in [-0.1, -0.05) is 86.0 Å². The first-order valence-corrected chi connectivity index (χ1v) is 24.2. The van der Waals surface area contributed by atoms with Crippen LogP contribution in [0.5, 0.6) is 0 Å². The molecule has 0 aromatic rings. The molecular weight excluding hydrogens is 381 g/mol. The predicted molar refractivity (Wildman–Crippen MR) is 135 cm³/mol. The van der Waals surface area contributed by atoms with Crippen molar-refractivity contribution in [1.29, 1.82) is 0 Å². The molecule has 23 heavy (non-hydrogen) atoms. The summed E-state index contributed by atoms with van der Waals surface area (Å²) in [5.74, 6) is 0. The highest BCUT2D eigenvalue weighted by Crippen LogP contribution is 1.89. The second-order valence-corrected chi connectivity index (χ2v) is 32.2. The van der Waals surface area contributed by atoms with Crippen LogP contribution in [0, 0.1) is 0 Å². The Labute approximate surface area is 159 Å². The number of hydrogen-bond donors (Lipinski definition) is 4. The molecule has 0 spiro atoms. The van der Waals surface area contributed by atoms with Gasteiger partial charge in [-0.05, 0) is 0 Å². The van der Waals surface area contributed by atoms with Gasteiger partial charge in [-0.3, -0.25) is 0 Å². The minimum absolute atomic E-state index is 0. The van der Waals surface area contributed by atoms with E-state index in [0.717, 1.165) is 20.8 Å². The highest BCUT2D eigenvalue weighted by Gasteiger charge is 2.06. The second-order valence-electron chi connectivity index (χ2n) is 9.73. The molecule has 0 aromatic carbocycles. The van der Waals surface area contributed by atoms with Gasteiger partial charge in [0.1, 0.15) is 32.9 Å². The molecule has 0 fully saturated rings. The number of rotatable bonds is 2. The Balaban J connectivity index is -0.0000000620. The molecule has 0 atom stereocenters.